The lowest BCUT2D eigenvalue weighted by molar-refractivity contribution is 0.0940. The predicted molar refractivity (Wildman–Crippen MR) is 99.7 cm³/mol. The molecule has 0 aromatic heterocycles. The summed E-state index contributed by atoms with van der Waals surface area (Å²) in [6.45, 7) is 1.80. The summed E-state index contributed by atoms with van der Waals surface area (Å²) in [5.74, 6) is -0.633. The monoisotopic (exact) mass is 379 g/mol. The average molecular weight is 379 g/mol. The molecule has 0 aliphatic rings. The maximum Gasteiger partial charge on any atom is 0.303 e. The first-order valence-corrected chi connectivity index (χ1v) is 9.35. The van der Waals surface area contributed by atoms with Crippen LogP contribution in [0.1, 0.15) is 28.9 Å². The van der Waals surface area contributed by atoms with E-state index in [1.54, 1.807) is 43.3 Å². The maximum atomic E-state index is 13.0. The Bertz CT molecular complexity index is 866. The summed E-state index contributed by atoms with van der Waals surface area (Å²) in [4.78, 5) is 12.4. The van der Waals surface area contributed by atoms with Crippen molar-refractivity contribution in [1.29, 1.82) is 0 Å². The number of carbonyl (C=O) groups excluding carboxylic acids is 1. The quantitative estimate of drug-likeness (QED) is 0.839. The molecule has 0 aliphatic carbocycles. The van der Waals surface area contributed by atoms with E-state index in [0.29, 0.717) is 11.3 Å². The van der Waals surface area contributed by atoms with Gasteiger partial charge in [-0.25, -0.2) is 4.39 Å². The van der Waals surface area contributed by atoms with Crippen LogP contribution in [0, 0.1) is 5.82 Å². The molecule has 0 unspecified atom stereocenters. The van der Waals surface area contributed by atoms with Crippen LogP contribution in [0.5, 0.6) is 0 Å². The summed E-state index contributed by atoms with van der Waals surface area (Å²) in [6, 6.07) is 11.9. The van der Waals surface area contributed by atoms with Crippen LogP contribution < -0.4 is 9.62 Å². The van der Waals surface area contributed by atoms with Crippen LogP contribution in [0.4, 0.5) is 10.1 Å². The zero-order valence-electron chi connectivity index (χ0n) is 15.1. The predicted octanol–water partition coefficient (Wildman–Crippen LogP) is 2.56. The molecule has 0 heterocycles. The highest BCUT2D eigenvalue weighted by atomic mass is 32.2. The van der Waals surface area contributed by atoms with Crippen LogP contribution in [-0.2, 0) is 10.2 Å². The highest BCUT2D eigenvalue weighted by Crippen LogP contribution is 2.19. The number of hydrogen-bond donors (Lipinski definition) is 1. The molecule has 0 radical (unpaired) electrons. The van der Waals surface area contributed by atoms with E-state index >= 15 is 0 Å². The number of benzene rings is 2. The number of nitrogens with zero attached hydrogens (tertiary/aromatic N) is 2. The molecule has 0 aliphatic heterocycles. The Labute approximate surface area is 153 Å². The van der Waals surface area contributed by atoms with Crippen LogP contribution in [0.25, 0.3) is 0 Å². The summed E-state index contributed by atoms with van der Waals surface area (Å²) in [5, 5.41) is 2.83. The number of rotatable bonds is 6. The molecule has 0 saturated carbocycles. The number of carbonyl (C=O) groups is 1. The zero-order valence-corrected chi connectivity index (χ0v) is 15.9. The fourth-order valence-corrected chi connectivity index (χ4v) is 3.19. The lowest BCUT2D eigenvalue weighted by Crippen LogP contribution is -2.37. The Morgan fingerprint density at radius 3 is 2.04 bits per heavy atom. The Morgan fingerprint density at radius 1 is 1.00 bits per heavy atom. The summed E-state index contributed by atoms with van der Waals surface area (Å²) >= 11 is 0. The van der Waals surface area contributed by atoms with E-state index in [9.17, 15) is 17.6 Å². The maximum absolute atomic E-state index is 13.0. The smallest absolute Gasteiger partial charge is 0.303 e. The van der Waals surface area contributed by atoms with Gasteiger partial charge in [0.2, 0.25) is 0 Å². The van der Waals surface area contributed by atoms with Gasteiger partial charge >= 0.3 is 10.2 Å². The minimum atomic E-state index is -3.59. The van der Waals surface area contributed by atoms with Gasteiger partial charge in [-0.05, 0) is 48.9 Å². The average Bonchev–Trinajstić information content (AvgIpc) is 2.61. The van der Waals surface area contributed by atoms with Crippen LogP contribution in [0.3, 0.4) is 0 Å². The highest BCUT2D eigenvalue weighted by molar-refractivity contribution is 7.90. The van der Waals surface area contributed by atoms with E-state index in [2.05, 4.69) is 5.32 Å². The standard InChI is InChI=1S/C18H22FN3O3S/c1-13(14-5-9-16(19)10-6-14)20-18(23)15-7-11-17(12-8-15)22(4)26(24,25)21(2)3/h5-13H,1-4H3,(H,20,23)/t13-/m0/s1. The van der Waals surface area contributed by atoms with Crippen molar-refractivity contribution >= 4 is 21.8 Å². The van der Waals surface area contributed by atoms with Gasteiger partial charge in [0.1, 0.15) is 5.82 Å². The largest absolute Gasteiger partial charge is 0.346 e. The molecular weight excluding hydrogens is 357 g/mol. The number of hydrogen-bond acceptors (Lipinski definition) is 3. The second-order valence-electron chi connectivity index (χ2n) is 6.05. The van der Waals surface area contributed by atoms with Crippen LogP contribution in [0.15, 0.2) is 48.5 Å². The second-order valence-corrected chi connectivity index (χ2v) is 8.22. The molecule has 6 nitrogen and oxygen atoms in total. The van der Waals surface area contributed by atoms with Crippen molar-refractivity contribution in [2.75, 3.05) is 25.4 Å². The third-order valence-electron chi connectivity index (χ3n) is 4.02. The third-order valence-corrected chi connectivity index (χ3v) is 5.84. The molecular formula is C18H22FN3O3S. The van der Waals surface area contributed by atoms with Gasteiger partial charge in [0.05, 0.1) is 11.7 Å². The van der Waals surface area contributed by atoms with E-state index in [-0.39, 0.29) is 17.8 Å². The molecule has 8 heteroatoms. The van der Waals surface area contributed by atoms with Crippen molar-refractivity contribution in [2.24, 2.45) is 0 Å². The van der Waals surface area contributed by atoms with Crippen molar-refractivity contribution in [1.82, 2.24) is 9.62 Å². The van der Waals surface area contributed by atoms with Gasteiger partial charge in [-0.15, -0.1) is 0 Å². The minimum absolute atomic E-state index is 0.292. The number of nitrogens with one attached hydrogen (secondary N) is 1. The van der Waals surface area contributed by atoms with Crippen molar-refractivity contribution in [3.05, 3.63) is 65.5 Å². The van der Waals surface area contributed by atoms with Crippen molar-refractivity contribution in [3.63, 3.8) is 0 Å². The lowest BCUT2D eigenvalue weighted by Gasteiger charge is -2.23. The van der Waals surface area contributed by atoms with Gasteiger partial charge in [-0.1, -0.05) is 12.1 Å². The highest BCUT2D eigenvalue weighted by Gasteiger charge is 2.21. The van der Waals surface area contributed by atoms with Crippen molar-refractivity contribution in [2.45, 2.75) is 13.0 Å². The molecule has 1 amide bonds. The minimum Gasteiger partial charge on any atom is -0.346 e. The molecule has 0 bridgehead atoms. The van der Waals surface area contributed by atoms with Gasteiger partial charge in [-0.2, -0.15) is 12.7 Å². The van der Waals surface area contributed by atoms with Crippen LogP contribution >= 0.6 is 0 Å². The molecule has 0 fully saturated rings. The lowest BCUT2D eigenvalue weighted by atomic mass is 10.1. The molecule has 0 saturated heterocycles. The van der Waals surface area contributed by atoms with Gasteiger partial charge < -0.3 is 5.32 Å². The van der Waals surface area contributed by atoms with Gasteiger partial charge in [0.15, 0.2) is 0 Å². The molecule has 2 aromatic rings. The second kappa shape index (κ2) is 7.84. The first-order valence-electron chi connectivity index (χ1n) is 7.95. The van der Waals surface area contributed by atoms with Crippen LogP contribution in [-0.4, -0.2) is 39.8 Å². The Morgan fingerprint density at radius 2 is 1.54 bits per heavy atom. The topological polar surface area (TPSA) is 69.7 Å². The normalized spacial score (nSPS) is 12.7. The van der Waals surface area contributed by atoms with E-state index < -0.39 is 10.2 Å². The molecule has 2 aromatic carbocycles. The Kier molecular flexibility index (Phi) is 5.99. The SMILES string of the molecule is C[C@H](NC(=O)c1ccc(N(C)S(=O)(=O)N(C)C)cc1)c1ccc(F)cc1. The molecule has 0 spiro atoms. The van der Waals surface area contributed by atoms with Crippen LogP contribution in [0.2, 0.25) is 0 Å². The van der Waals surface area contributed by atoms with E-state index in [1.165, 1.54) is 33.3 Å². The molecule has 140 valence electrons. The number of halogens is 1. The summed E-state index contributed by atoms with van der Waals surface area (Å²) < 4.78 is 39.5. The fourth-order valence-electron chi connectivity index (χ4n) is 2.32. The summed E-state index contributed by atoms with van der Waals surface area (Å²) in [7, 11) is 0.757. The van der Waals surface area contributed by atoms with E-state index in [0.717, 1.165) is 14.2 Å². The number of amides is 1. The third kappa shape index (κ3) is 4.39. The fraction of sp³-hybridized carbons (Fsp3) is 0.278. The van der Waals surface area contributed by atoms with Crippen molar-refractivity contribution in [3.8, 4) is 0 Å². The van der Waals surface area contributed by atoms with E-state index in [4.69, 9.17) is 0 Å². The van der Waals surface area contributed by atoms with Crippen molar-refractivity contribution < 1.29 is 17.6 Å². The molecule has 2 rings (SSSR count). The Hall–Kier alpha value is -2.45. The summed E-state index contributed by atoms with van der Waals surface area (Å²) in [6.07, 6.45) is 0. The molecule has 1 N–H and O–H groups in total. The molecule has 1 atom stereocenters. The first-order chi connectivity index (χ1) is 12.1. The van der Waals surface area contributed by atoms with Gasteiger partial charge in [0, 0.05) is 26.7 Å². The Balaban J connectivity index is 2.10. The van der Waals surface area contributed by atoms with E-state index in [1.807, 2.05) is 0 Å². The molecule has 26 heavy (non-hydrogen) atoms. The van der Waals surface area contributed by atoms with Gasteiger partial charge in [-0.3, -0.25) is 9.10 Å². The summed E-state index contributed by atoms with van der Waals surface area (Å²) in [5.41, 5.74) is 1.63. The number of anilines is 1. The van der Waals surface area contributed by atoms with Gasteiger partial charge in [0.25, 0.3) is 5.91 Å². The zero-order chi connectivity index (χ0) is 19.5. The first kappa shape index (κ1) is 19.9.